The van der Waals surface area contributed by atoms with E-state index in [9.17, 15) is 9.18 Å². The van der Waals surface area contributed by atoms with Crippen LogP contribution in [0.25, 0.3) is 11.3 Å². The van der Waals surface area contributed by atoms with Crippen LogP contribution in [0.2, 0.25) is 5.02 Å². The molecule has 1 heterocycles. The topological polar surface area (TPSA) is 68.3 Å². The molecule has 1 aromatic heterocycles. The highest BCUT2D eigenvalue weighted by atomic mass is 79.9. The van der Waals surface area contributed by atoms with Crippen molar-refractivity contribution in [1.29, 1.82) is 0 Å². The van der Waals surface area contributed by atoms with Gasteiger partial charge in [0.25, 0.3) is 5.91 Å². The molecule has 2 aromatic carbocycles. The maximum atomic E-state index is 13.2. The summed E-state index contributed by atoms with van der Waals surface area (Å²) in [6.07, 6.45) is 0. The Bertz CT molecular complexity index is 927. The molecule has 0 aliphatic carbocycles. The minimum atomic E-state index is -0.518. The van der Waals surface area contributed by atoms with Crippen molar-refractivity contribution < 1.29 is 13.6 Å². The number of hydrogen-bond acceptors (Lipinski definition) is 3. The average Bonchev–Trinajstić information content (AvgIpc) is 3.03. The molecule has 1 amide bonds. The number of rotatable bonds is 3. The second-order valence-corrected chi connectivity index (χ2v) is 6.30. The maximum Gasteiger partial charge on any atom is 0.291 e. The van der Waals surface area contributed by atoms with E-state index in [0.29, 0.717) is 22.7 Å². The molecule has 0 saturated heterocycles. The number of nitrogens with one attached hydrogen (secondary N) is 1. The van der Waals surface area contributed by atoms with Crippen LogP contribution < -0.4 is 11.1 Å². The molecule has 0 bridgehead atoms. The lowest BCUT2D eigenvalue weighted by molar-refractivity contribution is 0.0997. The Morgan fingerprint density at radius 3 is 2.67 bits per heavy atom. The van der Waals surface area contributed by atoms with Crippen LogP contribution in [0.1, 0.15) is 10.6 Å². The standard InChI is InChI=1S/C17H11BrClFN2O2/c18-10-2-4-14(13(21)8-10)22-17(23)16-6-5-15(24-16)9-1-3-12(20)11(19)7-9/h1-8H,21H2,(H,22,23). The number of hydrogen-bond donors (Lipinski definition) is 2. The molecule has 0 fully saturated rings. The smallest absolute Gasteiger partial charge is 0.291 e. The van der Waals surface area contributed by atoms with Gasteiger partial charge in [-0.3, -0.25) is 4.79 Å². The molecule has 0 radical (unpaired) electrons. The van der Waals surface area contributed by atoms with Gasteiger partial charge in [0.1, 0.15) is 11.6 Å². The van der Waals surface area contributed by atoms with Crippen LogP contribution >= 0.6 is 27.5 Å². The summed E-state index contributed by atoms with van der Waals surface area (Å²) in [6.45, 7) is 0. The van der Waals surface area contributed by atoms with E-state index in [1.807, 2.05) is 0 Å². The number of amides is 1. The Labute approximate surface area is 150 Å². The molecule has 7 heteroatoms. The minimum Gasteiger partial charge on any atom is -0.451 e. The quantitative estimate of drug-likeness (QED) is 0.574. The van der Waals surface area contributed by atoms with Crippen LogP contribution in [-0.2, 0) is 0 Å². The van der Waals surface area contributed by atoms with E-state index >= 15 is 0 Å². The van der Waals surface area contributed by atoms with Crippen molar-refractivity contribution in [2.75, 3.05) is 11.1 Å². The fourth-order valence-corrected chi connectivity index (χ4v) is 2.66. The summed E-state index contributed by atoms with van der Waals surface area (Å²) in [4.78, 5) is 12.3. The van der Waals surface area contributed by atoms with Crippen molar-refractivity contribution in [2.45, 2.75) is 0 Å². The predicted molar refractivity (Wildman–Crippen MR) is 95.6 cm³/mol. The molecule has 3 N–H and O–H groups in total. The van der Waals surface area contributed by atoms with Crippen LogP contribution in [0, 0.1) is 5.82 Å². The molecular weight excluding hydrogens is 399 g/mol. The van der Waals surface area contributed by atoms with Crippen LogP contribution in [-0.4, -0.2) is 5.91 Å². The highest BCUT2D eigenvalue weighted by Gasteiger charge is 2.14. The minimum absolute atomic E-state index is 0.0162. The zero-order valence-corrected chi connectivity index (χ0v) is 14.5. The number of carbonyl (C=O) groups excluding carboxylic acids is 1. The molecule has 24 heavy (non-hydrogen) atoms. The van der Waals surface area contributed by atoms with Crippen molar-refractivity contribution in [2.24, 2.45) is 0 Å². The number of furan rings is 1. The number of carbonyl (C=O) groups is 1. The molecule has 0 unspecified atom stereocenters. The van der Waals surface area contributed by atoms with Gasteiger partial charge in [0, 0.05) is 10.0 Å². The van der Waals surface area contributed by atoms with Crippen molar-refractivity contribution >= 4 is 44.8 Å². The van der Waals surface area contributed by atoms with Gasteiger partial charge in [-0.1, -0.05) is 27.5 Å². The Morgan fingerprint density at radius 1 is 1.17 bits per heavy atom. The number of benzene rings is 2. The molecule has 0 spiro atoms. The number of halogens is 3. The van der Waals surface area contributed by atoms with Gasteiger partial charge in [-0.2, -0.15) is 0 Å². The highest BCUT2D eigenvalue weighted by Crippen LogP contribution is 2.28. The zero-order valence-electron chi connectivity index (χ0n) is 12.1. The molecule has 0 saturated carbocycles. The molecule has 0 aliphatic rings. The van der Waals surface area contributed by atoms with E-state index in [0.717, 1.165) is 4.47 Å². The summed E-state index contributed by atoms with van der Waals surface area (Å²) < 4.78 is 19.5. The first-order valence-corrected chi connectivity index (χ1v) is 8.03. The normalized spacial score (nSPS) is 10.6. The van der Waals surface area contributed by atoms with E-state index in [1.54, 1.807) is 24.3 Å². The SMILES string of the molecule is Nc1cc(Br)ccc1NC(=O)c1ccc(-c2ccc(F)c(Cl)c2)o1. The Hall–Kier alpha value is -2.31. The first-order valence-electron chi connectivity index (χ1n) is 6.85. The largest absolute Gasteiger partial charge is 0.451 e. The first-order chi connectivity index (χ1) is 11.4. The lowest BCUT2D eigenvalue weighted by Gasteiger charge is -2.07. The summed E-state index contributed by atoms with van der Waals surface area (Å²) in [7, 11) is 0. The second-order valence-electron chi connectivity index (χ2n) is 4.98. The monoisotopic (exact) mass is 408 g/mol. The van der Waals surface area contributed by atoms with Gasteiger partial charge in [0.05, 0.1) is 16.4 Å². The summed E-state index contributed by atoms with van der Waals surface area (Å²) in [5.74, 6) is -0.447. The van der Waals surface area contributed by atoms with Gasteiger partial charge in [-0.05, 0) is 48.5 Å². The van der Waals surface area contributed by atoms with Crippen LogP contribution in [0.15, 0.2) is 57.4 Å². The van der Waals surface area contributed by atoms with Crippen molar-refractivity contribution in [3.63, 3.8) is 0 Å². The van der Waals surface area contributed by atoms with E-state index in [2.05, 4.69) is 21.2 Å². The lowest BCUT2D eigenvalue weighted by Crippen LogP contribution is -2.12. The van der Waals surface area contributed by atoms with Gasteiger partial charge >= 0.3 is 0 Å². The fraction of sp³-hybridized carbons (Fsp3) is 0. The molecule has 122 valence electrons. The lowest BCUT2D eigenvalue weighted by atomic mass is 10.2. The number of nitrogen functional groups attached to an aromatic ring is 1. The van der Waals surface area contributed by atoms with Gasteiger partial charge in [0.15, 0.2) is 5.76 Å². The van der Waals surface area contributed by atoms with E-state index in [4.69, 9.17) is 21.8 Å². The molecule has 0 aliphatic heterocycles. The predicted octanol–water partition coefficient (Wildman–Crippen LogP) is 5.34. The number of nitrogens with two attached hydrogens (primary N) is 1. The van der Waals surface area contributed by atoms with Gasteiger partial charge in [-0.15, -0.1) is 0 Å². The van der Waals surface area contributed by atoms with Crippen molar-refractivity contribution in [1.82, 2.24) is 0 Å². The zero-order chi connectivity index (χ0) is 17.3. The third-order valence-electron chi connectivity index (χ3n) is 3.30. The molecule has 4 nitrogen and oxygen atoms in total. The Kier molecular flexibility index (Phi) is 4.59. The summed E-state index contributed by atoms with van der Waals surface area (Å²) in [5.41, 5.74) is 7.33. The summed E-state index contributed by atoms with van der Waals surface area (Å²) in [5, 5.41) is 2.66. The molecule has 3 aromatic rings. The summed E-state index contributed by atoms with van der Waals surface area (Å²) >= 11 is 9.06. The van der Waals surface area contributed by atoms with Gasteiger partial charge in [-0.25, -0.2) is 4.39 Å². The van der Waals surface area contributed by atoms with Crippen molar-refractivity contribution in [3.05, 3.63) is 69.6 Å². The molecule has 3 rings (SSSR count). The number of anilines is 2. The Balaban J connectivity index is 1.82. The fourth-order valence-electron chi connectivity index (χ4n) is 2.10. The summed E-state index contributed by atoms with van der Waals surface area (Å²) in [6, 6.07) is 12.5. The maximum absolute atomic E-state index is 13.2. The van der Waals surface area contributed by atoms with Crippen LogP contribution in [0.4, 0.5) is 15.8 Å². The van der Waals surface area contributed by atoms with Crippen molar-refractivity contribution in [3.8, 4) is 11.3 Å². The van der Waals surface area contributed by atoms with Gasteiger partial charge < -0.3 is 15.5 Å². The van der Waals surface area contributed by atoms with Crippen LogP contribution in [0.3, 0.4) is 0 Å². The van der Waals surface area contributed by atoms with E-state index < -0.39 is 11.7 Å². The Morgan fingerprint density at radius 2 is 1.96 bits per heavy atom. The second kappa shape index (κ2) is 6.67. The molecular formula is C17H11BrClFN2O2. The average molecular weight is 410 g/mol. The first kappa shape index (κ1) is 16.5. The van der Waals surface area contributed by atoms with Crippen LogP contribution in [0.5, 0.6) is 0 Å². The van der Waals surface area contributed by atoms with E-state index in [-0.39, 0.29) is 10.8 Å². The highest BCUT2D eigenvalue weighted by molar-refractivity contribution is 9.10. The molecule has 0 atom stereocenters. The third-order valence-corrected chi connectivity index (χ3v) is 4.08. The van der Waals surface area contributed by atoms with E-state index in [1.165, 1.54) is 24.3 Å². The van der Waals surface area contributed by atoms with Gasteiger partial charge in [0.2, 0.25) is 0 Å². The third kappa shape index (κ3) is 3.44.